The van der Waals surface area contributed by atoms with Crippen molar-refractivity contribution in [2.45, 2.75) is 66.2 Å². The zero-order valence-corrected chi connectivity index (χ0v) is 28.0. The van der Waals surface area contributed by atoms with Gasteiger partial charge in [0.1, 0.15) is 0 Å². The van der Waals surface area contributed by atoms with Crippen LogP contribution in [0.5, 0.6) is 0 Å². The maximum Gasteiger partial charge on any atom is 0.319 e. The van der Waals surface area contributed by atoms with Crippen LogP contribution in [-0.4, -0.2) is 29.4 Å². The Kier molecular flexibility index (Phi) is 23.9. The zero-order valence-electron chi connectivity index (χ0n) is 21.6. The first kappa shape index (κ1) is 39.6. The van der Waals surface area contributed by atoms with E-state index in [4.69, 9.17) is 29.4 Å². The Morgan fingerprint density at radius 2 is 0.743 bits per heavy atom. The molecule has 0 heterocycles. The summed E-state index contributed by atoms with van der Waals surface area (Å²) in [5, 5.41) is 0. The Labute approximate surface area is 234 Å². The predicted octanol–water partition coefficient (Wildman–Crippen LogP) is 6.05. The van der Waals surface area contributed by atoms with Crippen LogP contribution >= 0.6 is 13.4 Å². The van der Waals surface area contributed by atoms with Gasteiger partial charge in [0.05, 0.1) is 0 Å². The summed E-state index contributed by atoms with van der Waals surface area (Å²) in [5.41, 5.74) is 2.93. The van der Waals surface area contributed by atoms with Gasteiger partial charge in [-0.25, -0.2) is 0 Å². The fraction of sp³-hybridized carbons (Fsp3) is 0.500. The van der Waals surface area contributed by atoms with Crippen molar-refractivity contribution in [1.82, 2.24) is 0 Å². The van der Waals surface area contributed by atoms with Crippen molar-refractivity contribution in [2.24, 2.45) is 11.8 Å². The summed E-state index contributed by atoms with van der Waals surface area (Å²) in [4.78, 5) is 45.3. The van der Waals surface area contributed by atoms with E-state index in [1.165, 1.54) is 24.0 Å². The topological polar surface area (TPSA) is 121 Å². The molecule has 0 aromatic heterocycles. The molecule has 0 aliphatic heterocycles. The molecule has 6 nitrogen and oxygen atoms in total. The predicted molar refractivity (Wildman–Crippen MR) is 151 cm³/mol. The van der Waals surface area contributed by atoms with E-state index in [1.807, 2.05) is 0 Å². The fourth-order valence-corrected chi connectivity index (χ4v) is 3.25. The SMILES string of the molecule is CC(C)CC(C)c1ccccc1.CC(C)CC(C)c1ccccc1.OP(O)(O)=S.OP(O)(O)=S.[Zn]. The molecule has 35 heavy (non-hydrogen) atoms. The van der Waals surface area contributed by atoms with Gasteiger partial charge < -0.3 is 29.4 Å². The molecule has 0 radical (unpaired) electrons. The van der Waals surface area contributed by atoms with Crippen molar-refractivity contribution in [3.8, 4) is 0 Å². The van der Waals surface area contributed by atoms with Gasteiger partial charge in [-0.05, 0) is 71.3 Å². The third kappa shape index (κ3) is 34.1. The van der Waals surface area contributed by atoms with E-state index in [9.17, 15) is 0 Å². The quantitative estimate of drug-likeness (QED) is 0.171. The summed E-state index contributed by atoms with van der Waals surface area (Å²) in [6.45, 7) is 6.10. The van der Waals surface area contributed by atoms with Crippen LogP contribution in [0.2, 0.25) is 0 Å². The van der Waals surface area contributed by atoms with Crippen LogP contribution in [0.3, 0.4) is 0 Å². The van der Waals surface area contributed by atoms with Crippen molar-refractivity contribution in [3.63, 3.8) is 0 Å². The molecule has 2 atom stereocenters. The van der Waals surface area contributed by atoms with Crippen LogP contribution in [0.25, 0.3) is 0 Å². The van der Waals surface area contributed by atoms with Gasteiger partial charge in [0.25, 0.3) is 0 Å². The van der Waals surface area contributed by atoms with Gasteiger partial charge in [-0.15, -0.1) is 0 Å². The van der Waals surface area contributed by atoms with Gasteiger partial charge >= 0.3 is 13.4 Å². The second kappa shape index (κ2) is 21.1. The van der Waals surface area contributed by atoms with Crippen LogP contribution in [0.15, 0.2) is 60.7 Å². The Hall–Kier alpha value is 0.123. The maximum atomic E-state index is 7.56. The summed E-state index contributed by atoms with van der Waals surface area (Å²) in [5.74, 6) is 2.98. The van der Waals surface area contributed by atoms with E-state index in [-0.39, 0.29) is 19.5 Å². The van der Waals surface area contributed by atoms with Gasteiger partial charge in [0, 0.05) is 19.5 Å². The van der Waals surface area contributed by atoms with E-state index in [0.29, 0.717) is 11.8 Å². The molecule has 11 heteroatoms. The molecule has 0 saturated carbocycles. The third-order valence-corrected chi connectivity index (χ3v) is 4.39. The molecule has 0 fully saturated rings. The summed E-state index contributed by atoms with van der Waals surface area (Å²) in [6.07, 6.45) is 2.56. The van der Waals surface area contributed by atoms with Crippen molar-refractivity contribution >= 4 is 37.1 Å². The van der Waals surface area contributed by atoms with E-state index >= 15 is 0 Å². The number of benzene rings is 2. The van der Waals surface area contributed by atoms with Gasteiger partial charge in [-0.2, -0.15) is 0 Å². The van der Waals surface area contributed by atoms with Gasteiger partial charge in [-0.1, -0.05) is 102 Å². The van der Waals surface area contributed by atoms with Gasteiger partial charge in [0.15, 0.2) is 0 Å². The van der Waals surface area contributed by atoms with E-state index in [0.717, 1.165) is 11.8 Å². The molecule has 2 aromatic rings. The van der Waals surface area contributed by atoms with Crippen molar-refractivity contribution in [3.05, 3.63) is 71.8 Å². The minimum Gasteiger partial charge on any atom is -0.325 e. The average molecular weight is 618 g/mol. The molecule has 0 aliphatic rings. The van der Waals surface area contributed by atoms with Crippen LogP contribution < -0.4 is 0 Å². The normalized spacial score (nSPS) is 12.5. The monoisotopic (exact) mass is 616 g/mol. The number of hydrogen-bond donors (Lipinski definition) is 6. The van der Waals surface area contributed by atoms with Gasteiger partial charge in [0.2, 0.25) is 0 Å². The Morgan fingerprint density at radius 3 is 0.914 bits per heavy atom. The van der Waals surface area contributed by atoms with Crippen molar-refractivity contribution < 1.29 is 48.8 Å². The minimum atomic E-state index is -3.81. The third-order valence-electron chi connectivity index (χ3n) is 4.39. The van der Waals surface area contributed by atoms with Crippen molar-refractivity contribution in [1.29, 1.82) is 0 Å². The molecular formula is C24H42O6P2S2Zn. The average Bonchev–Trinajstić information content (AvgIpc) is 2.66. The maximum absolute atomic E-state index is 7.56. The molecule has 0 spiro atoms. The molecule has 0 saturated heterocycles. The van der Waals surface area contributed by atoms with E-state index in [2.05, 4.69) is 126 Å². The molecule has 2 rings (SSSR count). The molecule has 0 amide bonds. The molecule has 2 unspecified atom stereocenters. The molecule has 2 aromatic carbocycles. The molecule has 198 valence electrons. The van der Waals surface area contributed by atoms with Crippen molar-refractivity contribution in [2.75, 3.05) is 0 Å². The second-order valence-corrected chi connectivity index (χ2v) is 13.9. The number of rotatable bonds is 6. The Balaban J connectivity index is -0.000000419. The van der Waals surface area contributed by atoms with Crippen LogP contribution in [0, 0.1) is 11.8 Å². The fourth-order valence-electron chi connectivity index (χ4n) is 3.25. The van der Waals surface area contributed by atoms with E-state index in [1.54, 1.807) is 0 Å². The first-order valence-corrected chi connectivity index (χ1v) is 16.4. The zero-order chi connectivity index (χ0) is 26.9. The molecule has 0 bridgehead atoms. The smallest absolute Gasteiger partial charge is 0.319 e. The molecule has 0 aliphatic carbocycles. The second-order valence-electron chi connectivity index (χ2n) is 8.91. The molecule has 6 N–H and O–H groups in total. The standard InChI is InChI=1S/2C12H18.2H3O3PS.Zn/c2*1-10(2)9-11(3)12-7-5-4-6-8-12;2*1-4(2,3)5;/h2*4-8,10-11H,9H2,1-3H3;2*(H3,1,2,3,5);. The van der Waals surface area contributed by atoms with Crippen LogP contribution in [-0.2, 0) is 43.1 Å². The largest absolute Gasteiger partial charge is 0.325 e. The van der Waals surface area contributed by atoms with E-state index < -0.39 is 13.4 Å². The summed E-state index contributed by atoms with van der Waals surface area (Å²) in [6, 6.07) is 21.5. The minimum absolute atomic E-state index is 0. The summed E-state index contributed by atoms with van der Waals surface area (Å²) < 4.78 is 0. The summed E-state index contributed by atoms with van der Waals surface area (Å²) >= 11 is 7.21. The van der Waals surface area contributed by atoms with Gasteiger partial charge in [-0.3, -0.25) is 0 Å². The Morgan fingerprint density at radius 1 is 0.543 bits per heavy atom. The number of hydrogen-bond acceptors (Lipinski definition) is 2. The first-order chi connectivity index (χ1) is 15.4. The van der Waals surface area contributed by atoms with Crippen LogP contribution in [0.1, 0.15) is 77.3 Å². The first-order valence-electron chi connectivity index (χ1n) is 11.1. The summed E-state index contributed by atoms with van der Waals surface area (Å²) in [7, 11) is 0. The molecular weight excluding hydrogens is 576 g/mol. The van der Waals surface area contributed by atoms with Crippen LogP contribution in [0.4, 0.5) is 0 Å². The Bertz CT molecular complexity index is 758.